The molecule has 2 aliphatic rings. The third kappa shape index (κ3) is 4.55. The molecule has 0 radical (unpaired) electrons. The topological polar surface area (TPSA) is 53.8 Å². The molecule has 0 spiro atoms. The van der Waals surface area contributed by atoms with Crippen LogP contribution in [0.4, 0.5) is 0 Å². The fraction of sp³-hybridized carbons (Fsp3) is 0.611. The molecule has 22 heavy (non-hydrogen) atoms. The minimum absolute atomic E-state index is 0.216. The number of aliphatic hydroxyl groups is 1. The Hall–Kier alpha value is -1.39. The van der Waals surface area contributed by atoms with Crippen molar-refractivity contribution in [2.24, 2.45) is 17.0 Å². The summed E-state index contributed by atoms with van der Waals surface area (Å²) in [6, 6.07) is 10.4. The fourth-order valence-electron chi connectivity index (χ4n) is 2.67. The van der Waals surface area contributed by atoms with Gasteiger partial charge in [-0.2, -0.15) is 0 Å². The van der Waals surface area contributed by atoms with Crippen LogP contribution in [0.1, 0.15) is 44.2 Å². The van der Waals surface area contributed by atoms with Crippen molar-refractivity contribution >= 4 is 5.71 Å². The zero-order valence-electron chi connectivity index (χ0n) is 13.2. The number of oxime groups is 1. The zero-order valence-corrected chi connectivity index (χ0v) is 13.2. The maximum Gasteiger partial charge on any atom is 0.144 e. The van der Waals surface area contributed by atoms with Gasteiger partial charge in [-0.15, -0.1) is 0 Å². The highest BCUT2D eigenvalue weighted by molar-refractivity contribution is 5.92. The first kappa shape index (κ1) is 15.5. The van der Waals surface area contributed by atoms with E-state index in [2.05, 4.69) is 29.5 Å². The zero-order chi connectivity index (χ0) is 15.4. The lowest BCUT2D eigenvalue weighted by Crippen LogP contribution is -2.31. The van der Waals surface area contributed by atoms with E-state index in [1.54, 1.807) is 0 Å². The Kier molecular flexibility index (Phi) is 5.11. The summed E-state index contributed by atoms with van der Waals surface area (Å²) in [6.07, 6.45) is 4.51. The number of nitrogens with one attached hydrogen (secondary N) is 1. The summed E-state index contributed by atoms with van der Waals surface area (Å²) in [5, 5.41) is 17.6. The van der Waals surface area contributed by atoms with Gasteiger partial charge in [0.25, 0.3) is 0 Å². The molecule has 2 saturated carbocycles. The van der Waals surface area contributed by atoms with Crippen LogP contribution in [-0.4, -0.2) is 30.1 Å². The average Bonchev–Trinajstić information content (AvgIpc) is 3.43. The van der Waals surface area contributed by atoms with Crippen molar-refractivity contribution < 1.29 is 9.94 Å². The number of rotatable bonds is 9. The Morgan fingerprint density at radius 2 is 1.86 bits per heavy atom. The average molecular weight is 302 g/mol. The summed E-state index contributed by atoms with van der Waals surface area (Å²) in [5.74, 6) is 1.33. The van der Waals surface area contributed by atoms with E-state index in [-0.39, 0.29) is 12.6 Å². The van der Waals surface area contributed by atoms with E-state index < -0.39 is 6.10 Å². The molecule has 2 aliphatic carbocycles. The molecular weight excluding hydrogens is 276 g/mol. The minimum Gasteiger partial charge on any atom is -0.393 e. The van der Waals surface area contributed by atoms with E-state index in [1.807, 2.05) is 18.2 Å². The monoisotopic (exact) mass is 302 g/mol. The molecule has 0 amide bonds. The van der Waals surface area contributed by atoms with Gasteiger partial charge in [0.15, 0.2) is 0 Å². The summed E-state index contributed by atoms with van der Waals surface area (Å²) in [7, 11) is 0. The van der Waals surface area contributed by atoms with Crippen molar-refractivity contribution in [2.45, 2.75) is 44.8 Å². The van der Waals surface area contributed by atoms with Crippen molar-refractivity contribution in [1.82, 2.24) is 5.32 Å². The molecule has 0 saturated heterocycles. The van der Waals surface area contributed by atoms with Crippen LogP contribution in [-0.2, 0) is 4.84 Å². The Morgan fingerprint density at radius 3 is 2.45 bits per heavy atom. The molecule has 2 unspecified atom stereocenters. The Labute approximate surface area is 132 Å². The van der Waals surface area contributed by atoms with Gasteiger partial charge in [-0.1, -0.05) is 35.5 Å². The van der Waals surface area contributed by atoms with Gasteiger partial charge in [-0.05, 0) is 38.2 Å². The highest BCUT2D eigenvalue weighted by atomic mass is 16.6. The van der Waals surface area contributed by atoms with E-state index >= 15 is 0 Å². The van der Waals surface area contributed by atoms with Crippen LogP contribution in [0.3, 0.4) is 0 Å². The molecule has 1 aromatic carbocycles. The van der Waals surface area contributed by atoms with Crippen LogP contribution in [0.2, 0.25) is 0 Å². The number of benzene rings is 1. The highest BCUT2D eigenvalue weighted by Crippen LogP contribution is 2.42. The highest BCUT2D eigenvalue weighted by Gasteiger charge is 2.38. The first-order valence-corrected chi connectivity index (χ1v) is 8.40. The molecule has 0 aliphatic heterocycles. The summed E-state index contributed by atoms with van der Waals surface area (Å²) >= 11 is 0. The van der Waals surface area contributed by atoms with Gasteiger partial charge in [0.2, 0.25) is 0 Å². The summed E-state index contributed by atoms with van der Waals surface area (Å²) < 4.78 is 0. The van der Waals surface area contributed by atoms with Crippen molar-refractivity contribution in [1.29, 1.82) is 0 Å². The third-order valence-electron chi connectivity index (χ3n) is 4.39. The molecule has 1 aromatic rings. The lowest BCUT2D eigenvalue weighted by Gasteiger charge is -2.17. The van der Waals surface area contributed by atoms with E-state index in [9.17, 15) is 5.11 Å². The van der Waals surface area contributed by atoms with Crippen molar-refractivity contribution in [3.63, 3.8) is 0 Å². The molecule has 0 aromatic heterocycles. The van der Waals surface area contributed by atoms with Crippen LogP contribution < -0.4 is 5.32 Å². The van der Waals surface area contributed by atoms with Crippen LogP contribution in [0.15, 0.2) is 35.5 Å². The molecule has 0 heterocycles. The molecule has 4 heteroatoms. The van der Waals surface area contributed by atoms with Gasteiger partial charge in [-0.25, -0.2) is 0 Å². The molecule has 120 valence electrons. The van der Waals surface area contributed by atoms with Gasteiger partial charge < -0.3 is 15.3 Å². The summed E-state index contributed by atoms with van der Waals surface area (Å²) in [5.41, 5.74) is 2.47. The van der Waals surface area contributed by atoms with Crippen molar-refractivity contribution in [3.05, 3.63) is 35.9 Å². The first-order chi connectivity index (χ1) is 10.7. The lowest BCUT2D eigenvalue weighted by molar-refractivity contribution is 0.0384. The second-order valence-electron chi connectivity index (χ2n) is 6.55. The molecule has 2 fully saturated rings. The van der Waals surface area contributed by atoms with Gasteiger partial charge in [-0.3, -0.25) is 0 Å². The van der Waals surface area contributed by atoms with Gasteiger partial charge in [0, 0.05) is 24.4 Å². The summed E-state index contributed by atoms with van der Waals surface area (Å²) in [4.78, 5) is 5.40. The van der Waals surface area contributed by atoms with Crippen LogP contribution in [0.5, 0.6) is 0 Å². The standard InChI is InChI=1S/C18H26N2O2/c1-13(14-5-3-2-4-6-14)19-11-17(21)12-22-20-18(15-7-8-15)16-9-10-16/h2-6,13,15-17,19,21H,7-12H2,1H3. The Balaban J connectivity index is 1.37. The molecule has 4 nitrogen and oxygen atoms in total. The Morgan fingerprint density at radius 1 is 1.23 bits per heavy atom. The van der Waals surface area contributed by atoms with E-state index in [1.165, 1.54) is 37.0 Å². The minimum atomic E-state index is -0.533. The lowest BCUT2D eigenvalue weighted by atomic mass is 10.1. The van der Waals surface area contributed by atoms with Gasteiger partial charge in [0.05, 0.1) is 5.71 Å². The third-order valence-corrected chi connectivity index (χ3v) is 4.39. The Bertz CT molecular complexity index is 481. The molecule has 0 bridgehead atoms. The second kappa shape index (κ2) is 7.25. The van der Waals surface area contributed by atoms with Crippen molar-refractivity contribution in [2.75, 3.05) is 13.2 Å². The number of nitrogens with zero attached hydrogens (tertiary/aromatic N) is 1. The number of aliphatic hydroxyl groups excluding tert-OH is 1. The normalized spacial score (nSPS) is 20.3. The van der Waals surface area contributed by atoms with Crippen LogP contribution in [0.25, 0.3) is 0 Å². The molecule has 2 N–H and O–H groups in total. The largest absolute Gasteiger partial charge is 0.393 e. The van der Waals surface area contributed by atoms with Crippen LogP contribution in [0, 0.1) is 11.8 Å². The molecule has 2 atom stereocenters. The SMILES string of the molecule is CC(NCC(O)CON=C(C1CC1)C1CC1)c1ccccc1. The van der Waals surface area contributed by atoms with E-state index in [0.29, 0.717) is 18.4 Å². The molecular formula is C18H26N2O2. The van der Waals surface area contributed by atoms with E-state index in [0.717, 1.165) is 0 Å². The quantitative estimate of drug-likeness (QED) is 0.545. The maximum atomic E-state index is 10.0. The predicted octanol–water partition coefficient (Wildman–Crippen LogP) is 2.89. The molecule has 3 rings (SSSR count). The van der Waals surface area contributed by atoms with Gasteiger partial charge in [0.1, 0.15) is 12.7 Å². The fourth-order valence-corrected chi connectivity index (χ4v) is 2.67. The van der Waals surface area contributed by atoms with Crippen LogP contribution >= 0.6 is 0 Å². The first-order valence-electron chi connectivity index (χ1n) is 8.40. The number of hydrogen-bond acceptors (Lipinski definition) is 4. The van der Waals surface area contributed by atoms with Crippen molar-refractivity contribution in [3.8, 4) is 0 Å². The van der Waals surface area contributed by atoms with E-state index in [4.69, 9.17) is 4.84 Å². The summed E-state index contributed by atoms with van der Waals surface area (Å²) in [6.45, 7) is 2.87. The van der Waals surface area contributed by atoms with Gasteiger partial charge >= 0.3 is 0 Å². The second-order valence-corrected chi connectivity index (χ2v) is 6.55. The predicted molar refractivity (Wildman–Crippen MR) is 87.7 cm³/mol. The number of hydrogen-bond donors (Lipinski definition) is 2. The maximum absolute atomic E-state index is 10.0. The smallest absolute Gasteiger partial charge is 0.144 e.